The number of Topliss-reactive ketones (excluding diaryl/α,β-unsaturated/α-hetero) is 2. The van der Waals surface area contributed by atoms with Gasteiger partial charge in [-0.2, -0.15) is 5.10 Å². The monoisotopic (exact) mass is 282 g/mol. The predicted molar refractivity (Wildman–Crippen MR) is 79.2 cm³/mol. The lowest BCUT2D eigenvalue weighted by atomic mass is 9.82. The Morgan fingerprint density at radius 3 is 2.81 bits per heavy atom. The third-order valence-corrected chi connectivity index (χ3v) is 4.02. The summed E-state index contributed by atoms with van der Waals surface area (Å²) in [6.07, 6.45) is 3.39. The summed E-state index contributed by atoms with van der Waals surface area (Å²) in [5.41, 5.74) is 2.44. The quantitative estimate of drug-likeness (QED) is 0.809. The third-order valence-electron chi connectivity index (χ3n) is 4.02. The first kappa shape index (κ1) is 13.7. The summed E-state index contributed by atoms with van der Waals surface area (Å²) >= 11 is 0. The molecule has 0 bridgehead atoms. The molecule has 0 saturated heterocycles. The molecule has 21 heavy (non-hydrogen) atoms. The van der Waals surface area contributed by atoms with Crippen molar-refractivity contribution in [1.82, 2.24) is 9.78 Å². The summed E-state index contributed by atoms with van der Waals surface area (Å²) in [5.74, 6) is -0.551. The Balaban J connectivity index is 1.78. The smallest absolute Gasteiger partial charge is 0.176 e. The van der Waals surface area contributed by atoms with E-state index < -0.39 is 5.92 Å². The van der Waals surface area contributed by atoms with Gasteiger partial charge in [-0.05, 0) is 25.3 Å². The molecular formula is C17H18N2O2. The molecule has 0 N–H and O–H groups in total. The van der Waals surface area contributed by atoms with Crippen LogP contribution in [0.5, 0.6) is 0 Å². The number of ketones is 2. The molecule has 1 unspecified atom stereocenters. The van der Waals surface area contributed by atoms with Crippen LogP contribution in [0.3, 0.4) is 0 Å². The second-order valence-electron chi connectivity index (χ2n) is 5.43. The second kappa shape index (κ2) is 5.64. The zero-order valence-corrected chi connectivity index (χ0v) is 12.1. The van der Waals surface area contributed by atoms with Crippen LogP contribution in [0.4, 0.5) is 0 Å². The summed E-state index contributed by atoms with van der Waals surface area (Å²) in [5, 5.41) is 4.38. The molecule has 1 aromatic heterocycles. The predicted octanol–water partition coefficient (Wildman–Crippen LogP) is 2.46. The molecule has 0 radical (unpaired) electrons. The number of rotatable bonds is 4. The van der Waals surface area contributed by atoms with E-state index in [9.17, 15) is 9.59 Å². The fourth-order valence-electron chi connectivity index (χ4n) is 2.84. The zero-order valence-electron chi connectivity index (χ0n) is 12.1. The van der Waals surface area contributed by atoms with Crippen molar-refractivity contribution in [3.8, 4) is 0 Å². The van der Waals surface area contributed by atoms with Gasteiger partial charge in [-0.25, -0.2) is 0 Å². The van der Waals surface area contributed by atoms with Crippen molar-refractivity contribution in [2.45, 2.75) is 32.7 Å². The highest BCUT2D eigenvalue weighted by Crippen LogP contribution is 2.26. The topological polar surface area (TPSA) is 52.0 Å². The van der Waals surface area contributed by atoms with Crippen molar-refractivity contribution in [2.24, 2.45) is 5.92 Å². The molecule has 4 nitrogen and oxygen atoms in total. The van der Waals surface area contributed by atoms with Crippen LogP contribution >= 0.6 is 0 Å². The number of carbonyl (C=O) groups excluding carboxylic acids is 2. The molecule has 1 atom stereocenters. The Morgan fingerprint density at radius 1 is 1.33 bits per heavy atom. The van der Waals surface area contributed by atoms with E-state index in [4.69, 9.17) is 0 Å². The fraction of sp³-hybridized carbons (Fsp3) is 0.353. The number of aromatic nitrogens is 2. The van der Waals surface area contributed by atoms with Gasteiger partial charge in [-0.15, -0.1) is 0 Å². The van der Waals surface area contributed by atoms with Crippen LogP contribution < -0.4 is 0 Å². The van der Waals surface area contributed by atoms with Gasteiger partial charge in [0.2, 0.25) is 0 Å². The lowest BCUT2D eigenvalue weighted by Crippen LogP contribution is -2.30. The molecule has 108 valence electrons. The molecule has 1 aromatic carbocycles. The maximum atomic E-state index is 12.5. The Hall–Kier alpha value is -2.23. The van der Waals surface area contributed by atoms with Crippen LogP contribution in [0.1, 0.15) is 35.0 Å². The number of fused-ring (bicyclic) bond motifs is 1. The Kier molecular flexibility index (Phi) is 3.69. The number of benzene rings is 1. The summed E-state index contributed by atoms with van der Waals surface area (Å²) in [7, 11) is 0. The molecule has 0 fully saturated rings. The molecule has 0 saturated carbocycles. The van der Waals surface area contributed by atoms with Crippen molar-refractivity contribution >= 4 is 11.6 Å². The number of hydrogen-bond acceptors (Lipinski definition) is 3. The van der Waals surface area contributed by atoms with E-state index in [1.54, 1.807) is 10.9 Å². The van der Waals surface area contributed by atoms with Crippen LogP contribution in [0.2, 0.25) is 0 Å². The minimum absolute atomic E-state index is 0.0149. The standard InChI is InChI=1S/C17H18N2O2/c1-2-19-11-14-15(18-19)9-8-13(17(14)21)16(20)10-12-6-4-3-5-7-12/h3-7,11,13H,2,8-10H2,1H3. The van der Waals surface area contributed by atoms with Gasteiger partial charge < -0.3 is 0 Å². The summed E-state index contributed by atoms with van der Waals surface area (Å²) in [6.45, 7) is 2.73. The van der Waals surface area contributed by atoms with Gasteiger partial charge >= 0.3 is 0 Å². The number of hydrogen-bond donors (Lipinski definition) is 0. The van der Waals surface area contributed by atoms with Crippen molar-refractivity contribution in [1.29, 1.82) is 0 Å². The van der Waals surface area contributed by atoms with Crippen molar-refractivity contribution in [3.05, 3.63) is 53.3 Å². The van der Waals surface area contributed by atoms with Crippen LogP contribution in [0.25, 0.3) is 0 Å². The maximum absolute atomic E-state index is 12.5. The lowest BCUT2D eigenvalue weighted by molar-refractivity contribution is -0.121. The molecule has 4 heteroatoms. The average molecular weight is 282 g/mol. The van der Waals surface area contributed by atoms with Crippen molar-refractivity contribution in [2.75, 3.05) is 0 Å². The second-order valence-corrected chi connectivity index (χ2v) is 5.43. The molecule has 0 spiro atoms. The Bertz CT molecular complexity index is 673. The largest absolute Gasteiger partial charge is 0.299 e. The van der Waals surface area contributed by atoms with Crippen molar-refractivity contribution < 1.29 is 9.59 Å². The number of carbonyl (C=O) groups is 2. The molecule has 1 heterocycles. The zero-order chi connectivity index (χ0) is 14.8. The van der Waals surface area contributed by atoms with Crippen LogP contribution in [-0.4, -0.2) is 21.3 Å². The SMILES string of the molecule is CCn1cc2c(n1)CCC(C(=O)Cc1ccccc1)C2=O. The highest BCUT2D eigenvalue weighted by atomic mass is 16.2. The fourth-order valence-corrected chi connectivity index (χ4v) is 2.84. The van der Waals surface area contributed by atoms with Gasteiger partial charge in [0.15, 0.2) is 5.78 Å². The van der Waals surface area contributed by atoms with Gasteiger partial charge in [0.05, 0.1) is 17.2 Å². The lowest BCUT2D eigenvalue weighted by Gasteiger charge is -2.18. The minimum Gasteiger partial charge on any atom is -0.299 e. The molecule has 0 aliphatic heterocycles. The van der Waals surface area contributed by atoms with Crippen molar-refractivity contribution in [3.63, 3.8) is 0 Å². The first-order valence-corrected chi connectivity index (χ1v) is 7.36. The normalized spacial score (nSPS) is 17.6. The van der Waals surface area contributed by atoms with E-state index in [-0.39, 0.29) is 11.6 Å². The molecule has 0 amide bonds. The van der Waals surface area contributed by atoms with E-state index in [0.717, 1.165) is 17.8 Å². The van der Waals surface area contributed by atoms with Crippen LogP contribution in [-0.2, 0) is 24.2 Å². The summed E-state index contributed by atoms with van der Waals surface area (Å²) < 4.78 is 1.77. The van der Waals surface area contributed by atoms with Crippen LogP contribution in [0.15, 0.2) is 36.5 Å². The first-order chi connectivity index (χ1) is 10.2. The Labute approximate surface area is 123 Å². The minimum atomic E-state index is -0.507. The average Bonchev–Trinajstić information content (AvgIpc) is 2.93. The van der Waals surface area contributed by atoms with Gasteiger partial charge in [-0.1, -0.05) is 30.3 Å². The number of nitrogens with zero attached hydrogens (tertiary/aromatic N) is 2. The summed E-state index contributed by atoms with van der Waals surface area (Å²) in [4.78, 5) is 24.9. The summed E-state index contributed by atoms with van der Waals surface area (Å²) in [6, 6.07) is 9.59. The maximum Gasteiger partial charge on any atom is 0.176 e. The van der Waals surface area contributed by atoms with E-state index in [1.165, 1.54) is 0 Å². The number of aryl methyl sites for hydroxylation is 2. The van der Waals surface area contributed by atoms with E-state index >= 15 is 0 Å². The van der Waals surface area contributed by atoms with E-state index in [0.29, 0.717) is 24.8 Å². The van der Waals surface area contributed by atoms with Gasteiger partial charge in [0.1, 0.15) is 5.78 Å². The van der Waals surface area contributed by atoms with E-state index in [1.807, 2.05) is 37.3 Å². The highest BCUT2D eigenvalue weighted by molar-refractivity contribution is 6.12. The third kappa shape index (κ3) is 2.66. The molecule has 3 rings (SSSR count). The molecule has 1 aliphatic carbocycles. The van der Waals surface area contributed by atoms with Gasteiger partial charge in [0, 0.05) is 19.2 Å². The Morgan fingerprint density at radius 2 is 2.10 bits per heavy atom. The molecule has 1 aliphatic rings. The van der Waals surface area contributed by atoms with Crippen LogP contribution in [0, 0.1) is 5.92 Å². The molecular weight excluding hydrogens is 264 g/mol. The van der Waals surface area contributed by atoms with E-state index in [2.05, 4.69) is 5.10 Å². The van der Waals surface area contributed by atoms with Gasteiger partial charge in [0.25, 0.3) is 0 Å². The first-order valence-electron chi connectivity index (χ1n) is 7.36. The highest BCUT2D eigenvalue weighted by Gasteiger charge is 2.34. The molecule has 2 aromatic rings. The van der Waals surface area contributed by atoms with Gasteiger partial charge in [-0.3, -0.25) is 14.3 Å².